The fourth-order valence-electron chi connectivity index (χ4n) is 2.49. The number of amides is 3. The van der Waals surface area contributed by atoms with Crippen LogP contribution in [0.2, 0.25) is 0 Å². The fourth-order valence-corrected chi connectivity index (χ4v) is 2.49. The van der Waals surface area contributed by atoms with Gasteiger partial charge in [-0.05, 0) is 6.92 Å². The van der Waals surface area contributed by atoms with Crippen LogP contribution < -0.4 is 16.6 Å². The van der Waals surface area contributed by atoms with Crippen molar-refractivity contribution < 1.29 is 14.1 Å². The molecule has 0 aliphatic carbocycles. The van der Waals surface area contributed by atoms with E-state index in [1.165, 1.54) is 0 Å². The van der Waals surface area contributed by atoms with Gasteiger partial charge in [0.2, 0.25) is 5.91 Å². The lowest BCUT2D eigenvalue weighted by atomic mass is 10.1. The molecule has 0 aliphatic rings. The number of aryl methyl sites for hydroxylation is 2. The molecule has 3 amide bonds. The SMILES string of the molecule is Cc1onc2c(=O)n(CCC(=O)NC(N)=O)nc(-c3ccccc3)c12. The Morgan fingerprint density at radius 1 is 1.28 bits per heavy atom. The molecule has 0 saturated carbocycles. The Morgan fingerprint density at radius 3 is 2.68 bits per heavy atom. The van der Waals surface area contributed by atoms with Crippen molar-refractivity contribution in [3.05, 3.63) is 46.4 Å². The number of carbonyl (C=O) groups is 2. The highest BCUT2D eigenvalue weighted by molar-refractivity contribution is 5.94. The third-order valence-corrected chi connectivity index (χ3v) is 3.62. The minimum Gasteiger partial charge on any atom is -0.360 e. The van der Waals surface area contributed by atoms with Crippen LogP contribution in [0.5, 0.6) is 0 Å². The smallest absolute Gasteiger partial charge is 0.318 e. The Labute approximate surface area is 141 Å². The molecule has 2 aromatic heterocycles. The van der Waals surface area contributed by atoms with Gasteiger partial charge in [-0.1, -0.05) is 35.5 Å². The van der Waals surface area contributed by atoms with Gasteiger partial charge in [-0.2, -0.15) is 5.10 Å². The quantitative estimate of drug-likeness (QED) is 0.725. The van der Waals surface area contributed by atoms with Crippen molar-refractivity contribution in [1.82, 2.24) is 20.3 Å². The van der Waals surface area contributed by atoms with E-state index >= 15 is 0 Å². The number of nitrogens with zero attached hydrogens (tertiary/aromatic N) is 3. The molecule has 1 aromatic carbocycles. The van der Waals surface area contributed by atoms with Gasteiger partial charge in [-0.25, -0.2) is 9.48 Å². The lowest BCUT2D eigenvalue weighted by molar-refractivity contribution is -0.120. The summed E-state index contributed by atoms with van der Waals surface area (Å²) in [5, 5.41) is 10.7. The summed E-state index contributed by atoms with van der Waals surface area (Å²) >= 11 is 0. The average molecular weight is 341 g/mol. The maximum absolute atomic E-state index is 12.5. The fraction of sp³-hybridized carbons (Fsp3) is 0.188. The van der Waals surface area contributed by atoms with Crippen molar-refractivity contribution in [1.29, 1.82) is 0 Å². The number of primary amides is 1. The molecule has 2 heterocycles. The van der Waals surface area contributed by atoms with Crippen LogP contribution in [0, 0.1) is 6.92 Å². The first kappa shape index (κ1) is 16.4. The van der Waals surface area contributed by atoms with E-state index in [4.69, 9.17) is 10.3 Å². The number of hydrogen-bond donors (Lipinski definition) is 2. The number of urea groups is 1. The second kappa shape index (κ2) is 6.56. The Balaban J connectivity index is 2.05. The molecule has 128 valence electrons. The number of nitrogens with one attached hydrogen (secondary N) is 1. The molecular formula is C16H15N5O4. The van der Waals surface area contributed by atoms with Crippen LogP contribution >= 0.6 is 0 Å². The summed E-state index contributed by atoms with van der Waals surface area (Å²) in [5.74, 6) is -0.115. The van der Waals surface area contributed by atoms with Crippen LogP contribution in [0.4, 0.5) is 4.79 Å². The molecule has 3 rings (SSSR count). The molecule has 0 atom stereocenters. The lowest BCUT2D eigenvalue weighted by Gasteiger charge is -2.08. The Kier molecular flexibility index (Phi) is 4.29. The van der Waals surface area contributed by atoms with E-state index in [1.807, 2.05) is 35.6 Å². The Hall–Kier alpha value is -3.49. The highest BCUT2D eigenvalue weighted by Gasteiger charge is 2.19. The van der Waals surface area contributed by atoms with Gasteiger partial charge >= 0.3 is 6.03 Å². The zero-order valence-corrected chi connectivity index (χ0v) is 13.4. The number of fused-ring (bicyclic) bond motifs is 1. The normalized spacial score (nSPS) is 10.8. The van der Waals surface area contributed by atoms with Crippen LogP contribution in [0.1, 0.15) is 12.2 Å². The van der Waals surface area contributed by atoms with Crippen molar-refractivity contribution in [2.75, 3.05) is 0 Å². The largest absolute Gasteiger partial charge is 0.360 e. The number of aromatic nitrogens is 3. The number of hydrogen-bond acceptors (Lipinski definition) is 6. The van der Waals surface area contributed by atoms with Gasteiger partial charge in [-0.3, -0.25) is 14.9 Å². The van der Waals surface area contributed by atoms with E-state index in [1.54, 1.807) is 6.92 Å². The molecule has 0 saturated heterocycles. The molecule has 9 nitrogen and oxygen atoms in total. The molecule has 0 aliphatic heterocycles. The molecule has 0 spiro atoms. The number of imide groups is 1. The van der Waals surface area contributed by atoms with Crippen molar-refractivity contribution in [3.8, 4) is 11.3 Å². The van der Waals surface area contributed by atoms with E-state index in [-0.39, 0.29) is 18.5 Å². The summed E-state index contributed by atoms with van der Waals surface area (Å²) in [6.07, 6.45) is -0.133. The number of nitrogens with two attached hydrogens (primary N) is 1. The molecule has 0 fully saturated rings. The highest BCUT2D eigenvalue weighted by Crippen LogP contribution is 2.26. The van der Waals surface area contributed by atoms with E-state index in [0.29, 0.717) is 16.8 Å². The number of benzene rings is 1. The summed E-state index contributed by atoms with van der Waals surface area (Å²) in [7, 11) is 0. The summed E-state index contributed by atoms with van der Waals surface area (Å²) in [6.45, 7) is 1.67. The highest BCUT2D eigenvalue weighted by atomic mass is 16.5. The van der Waals surface area contributed by atoms with Crippen molar-refractivity contribution in [2.24, 2.45) is 5.73 Å². The number of rotatable bonds is 4. The predicted octanol–water partition coefficient (Wildman–Crippen LogP) is 0.945. The zero-order valence-electron chi connectivity index (χ0n) is 13.4. The summed E-state index contributed by atoms with van der Waals surface area (Å²) in [4.78, 5) is 34.8. The van der Waals surface area contributed by atoms with E-state index in [0.717, 1.165) is 10.2 Å². The minimum atomic E-state index is -0.946. The maximum Gasteiger partial charge on any atom is 0.318 e. The second-order valence-corrected chi connectivity index (χ2v) is 5.37. The van der Waals surface area contributed by atoms with Gasteiger partial charge in [0.25, 0.3) is 5.56 Å². The lowest BCUT2D eigenvalue weighted by Crippen LogP contribution is -2.36. The van der Waals surface area contributed by atoms with Gasteiger partial charge in [0.1, 0.15) is 11.5 Å². The molecule has 25 heavy (non-hydrogen) atoms. The first-order chi connectivity index (χ1) is 12.0. The number of carbonyl (C=O) groups excluding carboxylic acids is 2. The molecule has 0 radical (unpaired) electrons. The first-order valence-corrected chi connectivity index (χ1v) is 7.49. The monoisotopic (exact) mass is 341 g/mol. The third-order valence-electron chi connectivity index (χ3n) is 3.62. The molecule has 0 unspecified atom stereocenters. The molecule has 3 N–H and O–H groups in total. The van der Waals surface area contributed by atoms with Crippen molar-refractivity contribution >= 4 is 22.8 Å². The minimum absolute atomic E-state index is 0.0281. The van der Waals surface area contributed by atoms with Crippen LogP contribution in [-0.2, 0) is 11.3 Å². The summed E-state index contributed by atoms with van der Waals surface area (Å²) < 4.78 is 6.28. The van der Waals surface area contributed by atoms with Gasteiger partial charge in [0.15, 0.2) is 5.52 Å². The van der Waals surface area contributed by atoms with Gasteiger partial charge < -0.3 is 10.3 Å². The molecule has 0 bridgehead atoms. The standard InChI is InChI=1S/C16H15N5O4/c1-9-12-13(10-5-3-2-4-6-10)19-21(15(23)14(12)20-25-9)8-7-11(22)18-16(17)24/h2-6H,7-8H2,1H3,(H3,17,18,22,24). The van der Waals surface area contributed by atoms with Crippen LogP contribution in [0.25, 0.3) is 22.2 Å². The molecule has 3 aromatic rings. The van der Waals surface area contributed by atoms with Crippen molar-refractivity contribution in [3.63, 3.8) is 0 Å². The van der Waals surface area contributed by atoms with Gasteiger partial charge in [0.05, 0.1) is 11.9 Å². The first-order valence-electron chi connectivity index (χ1n) is 7.49. The topological polar surface area (TPSA) is 133 Å². The second-order valence-electron chi connectivity index (χ2n) is 5.37. The van der Waals surface area contributed by atoms with Crippen LogP contribution in [0.3, 0.4) is 0 Å². The van der Waals surface area contributed by atoms with Crippen molar-refractivity contribution in [2.45, 2.75) is 19.9 Å². The van der Waals surface area contributed by atoms with E-state index in [9.17, 15) is 14.4 Å². The van der Waals surface area contributed by atoms with E-state index in [2.05, 4.69) is 10.3 Å². The van der Waals surface area contributed by atoms with Gasteiger partial charge in [-0.15, -0.1) is 0 Å². The third kappa shape index (κ3) is 3.25. The zero-order chi connectivity index (χ0) is 18.0. The average Bonchev–Trinajstić information content (AvgIpc) is 2.97. The van der Waals surface area contributed by atoms with Crippen LogP contribution in [-0.4, -0.2) is 26.9 Å². The molecule has 9 heteroatoms. The Morgan fingerprint density at radius 2 is 2.00 bits per heavy atom. The van der Waals surface area contributed by atoms with E-state index < -0.39 is 17.5 Å². The Bertz CT molecular complexity index is 1010. The van der Waals surface area contributed by atoms with Gasteiger partial charge in [0, 0.05) is 12.0 Å². The van der Waals surface area contributed by atoms with Crippen LogP contribution in [0.15, 0.2) is 39.6 Å². The summed E-state index contributed by atoms with van der Waals surface area (Å²) in [6, 6.07) is 8.32. The maximum atomic E-state index is 12.5. The molecular weight excluding hydrogens is 326 g/mol. The summed E-state index contributed by atoms with van der Waals surface area (Å²) in [5.41, 5.74) is 5.88. The predicted molar refractivity (Wildman–Crippen MR) is 88.6 cm³/mol.